The van der Waals surface area contributed by atoms with Gasteiger partial charge >= 0.3 is 5.97 Å². The third kappa shape index (κ3) is 4.22. The van der Waals surface area contributed by atoms with Gasteiger partial charge in [0.25, 0.3) is 0 Å². The number of nitrogens with one attached hydrogen (secondary N) is 2. The highest BCUT2D eigenvalue weighted by molar-refractivity contribution is 8.00. The molecule has 21 heavy (non-hydrogen) atoms. The number of para-hydroxylation sites is 1. The second-order valence-corrected chi connectivity index (χ2v) is 5.76. The van der Waals surface area contributed by atoms with Gasteiger partial charge in [0.1, 0.15) is 6.04 Å². The van der Waals surface area contributed by atoms with Gasteiger partial charge in [0.15, 0.2) is 0 Å². The Kier molecular flexibility index (Phi) is 5.21. The smallest absolute Gasteiger partial charge is 0.329 e. The molecule has 0 unspecified atom stereocenters. The van der Waals surface area contributed by atoms with E-state index in [0.29, 0.717) is 11.4 Å². The Morgan fingerprint density at radius 2 is 2.10 bits per heavy atom. The maximum atomic E-state index is 11.9. The highest BCUT2D eigenvalue weighted by Gasteiger charge is 2.33. The van der Waals surface area contributed by atoms with Crippen molar-refractivity contribution in [2.75, 3.05) is 18.2 Å². The van der Waals surface area contributed by atoms with Crippen LogP contribution in [0.3, 0.4) is 0 Å². The molecule has 0 aromatic heterocycles. The van der Waals surface area contributed by atoms with Crippen molar-refractivity contribution in [3.63, 3.8) is 0 Å². The number of anilines is 1. The maximum Gasteiger partial charge on any atom is 0.329 e. The van der Waals surface area contributed by atoms with Gasteiger partial charge in [-0.2, -0.15) is 0 Å². The fourth-order valence-corrected chi connectivity index (χ4v) is 3.05. The molecule has 0 radical (unpaired) electrons. The third-order valence-electron chi connectivity index (χ3n) is 2.99. The van der Waals surface area contributed by atoms with Crippen LogP contribution in [-0.4, -0.2) is 41.9 Å². The quantitative estimate of drug-likeness (QED) is 0.803. The highest BCUT2D eigenvalue weighted by Crippen LogP contribution is 2.22. The molecule has 112 valence electrons. The van der Waals surface area contributed by atoms with Crippen LogP contribution < -0.4 is 10.6 Å². The van der Waals surface area contributed by atoms with Crippen molar-refractivity contribution in [3.8, 4) is 0 Å². The van der Waals surface area contributed by atoms with Crippen LogP contribution in [0.4, 0.5) is 5.69 Å². The Bertz CT molecular complexity index is 535. The molecule has 1 aromatic carbocycles. The lowest BCUT2D eigenvalue weighted by Gasteiger charge is -2.26. The number of carbonyl (C=O) groups is 3. The Morgan fingerprint density at radius 1 is 1.38 bits per heavy atom. The molecule has 1 fully saturated rings. The number of rotatable bonds is 4. The first-order valence-corrected chi connectivity index (χ1v) is 7.49. The molecule has 1 aliphatic heterocycles. The molecule has 2 atom stereocenters. The monoisotopic (exact) mass is 308 g/mol. The molecule has 1 aliphatic rings. The van der Waals surface area contributed by atoms with Crippen molar-refractivity contribution in [1.29, 1.82) is 0 Å². The van der Waals surface area contributed by atoms with Crippen LogP contribution in [0, 0.1) is 0 Å². The number of benzene rings is 1. The van der Waals surface area contributed by atoms with E-state index in [1.165, 1.54) is 18.9 Å². The second-order valence-electron chi connectivity index (χ2n) is 4.52. The zero-order chi connectivity index (χ0) is 15.2. The molecule has 2 N–H and O–H groups in total. The van der Waals surface area contributed by atoms with Crippen LogP contribution in [0.2, 0.25) is 0 Å². The lowest BCUT2D eigenvalue weighted by Crippen LogP contribution is -2.51. The number of thioether (sulfide) groups is 1. The van der Waals surface area contributed by atoms with Crippen molar-refractivity contribution < 1.29 is 19.1 Å². The molecule has 0 aliphatic carbocycles. The van der Waals surface area contributed by atoms with Crippen LogP contribution in [0.25, 0.3) is 0 Å². The maximum absolute atomic E-state index is 11.9. The van der Waals surface area contributed by atoms with E-state index in [0.717, 1.165) is 0 Å². The normalized spacial score (nSPS) is 21.3. The lowest BCUT2D eigenvalue weighted by atomic mass is 10.2. The zero-order valence-electron chi connectivity index (χ0n) is 11.5. The minimum Gasteiger partial charge on any atom is -0.467 e. The largest absolute Gasteiger partial charge is 0.467 e. The van der Waals surface area contributed by atoms with Gasteiger partial charge in [-0.25, -0.2) is 4.79 Å². The van der Waals surface area contributed by atoms with E-state index in [9.17, 15) is 14.4 Å². The van der Waals surface area contributed by atoms with Gasteiger partial charge in [0.05, 0.1) is 12.4 Å². The van der Waals surface area contributed by atoms with E-state index < -0.39 is 17.3 Å². The number of methoxy groups -OCH3 is 1. The van der Waals surface area contributed by atoms with E-state index >= 15 is 0 Å². The molecule has 0 saturated carbocycles. The number of ether oxygens (including phenoxy) is 1. The predicted octanol–water partition coefficient (Wildman–Crippen LogP) is 0.788. The first-order valence-electron chi connectivity index (χ1n) is 6.45. The minimum atomic E-state index is -0.638. The molecule has 1 heterocycles. The number of amides is 2. The summed E-state index contributed by atoms with van der Waals surface area (Å²) in [7, 11) is 1.28. The Balaban J connectivity index is 1.85. The predicted molar refractivity (Wildman–Crippen MR) is 79.9 cm³/mol. The summed E-state index contributed by atoms with van der Waals surface area (Å²) in [6.45, 7) is 0. The van der Waals surface area contributed by atoms with Gasteiger partial charge in [0.2, 0.25) is 11.8 Å². The minimum absolute atomic E-state index is 0.0687. The fraction of sp³-hybridized carbons (Fsp3) is 0.357. The molecule has 0 bridgehead atoms. The third-order valence-corrected chi connectivity index (χ3v) is 4.30. The second kappa shape index (κ2) is 7.12. The van der Waals surface area contributed by atoms with Gasteiger partial charge in [-0.1, -0.05) is 18.2 Å². The number of esters is 1. The topological polar surface area (TPSA) is 84.5 Å². The van der Waals surface area contributed by atoms with Crippen LogP contribution in [0.5, 0.6) is 0 Å². The van der Waals surface area contributed by atoms with E-state index in [-0.39, 0.29) is 18.2 Å². The number of hydrogen-bond donors (Lipinski definition) is 2. The van der Waals surface area contributed by atoms with Gasteiger partial charge in [-0.05, 0) is 12.1 Å². The summed E-state index contributed by atoms with van der Waals surface area (Å²) in [5.74, 6) is -0.611. The summed E-state index contributed by atoms with van der Waals surface area (Å²) in [5, 5.41) is 4.81. The average molecular weight is 308 g/mol. The van der Waals surface area contributed by atoms with Crippen molar-refractivity contribution in [2.45, 2.75) is 17.7 Å². The molecular formula is C14H16N2O4S. The summed E-state index contributed by atoms with van der Waals surface area (Å²) in [4.78, 5) is 35.1. The highest BCUT2D eigenvalue weighted by atomic mass is 32.2. The van der Waals surface area contributed by atoms with Crippen molar-refractivity contribution >= 4 is 35.2 Å². The van der Waals surface area contributed by atoms with Crippen LogP contribution in [0.1, 0.15) is 6.42 Å². The zero-order valence-corrected chi connectivity index (χ0v) is 12.3. The Morgan fingerprint density at radius 3 is 2.71 bits per heavy atom. The molecular weight excluding hydrogens is 292 g/mol. The molecule has 6 nitrogen and oxygen atoms in total. The molecule has 1 saturated heterocycles. The molecule has 1 aromatic rings. The molecule has 7 heteroatoms. The summed E-state index contributed by atoms with van der Waals surface area (Å²) in [6, 6.07) is 8.41. The van der Waals surface area contributed by atoms with Gasteiger partial charge in [-0.15, -0.1) is 11.8 Å². The molecule has 0 spiro atoms. The summed E-state index contributed by atoms with van der Waals surface area (Å²) in [6.07, 6.45) is 0.0687. The van der Waals surface area contributed by atoms with Crippen molar-refractivity contribution in [2.24, 2.45) is 0 Å². The fourth-order valence-electron chi connectivity index (χ4n) is 1.92. The Hall–Kier alpha value is -2.02. The van der Waals surface area contributed by atoms with Crippen molar-refractivity contribution in [1.82, 2.24) is 5.32 Å². The molecule has 2 amide bonds. The van der Waals surface area contributed by atoms with Crippen LogP contribution in [-0.2, 0) is 19.1 Å². The van der Waals surface area contributed by atoms with Crippen LogP contribution >= 0.6 is 11.8 Å². The number of carbonyl (C=O) groups excluding carboxylic acids is 3. The van der Waals surface area contributed by atoms with Crippen molar-refractivity contribution in [3.05, 3.63) is 30.3 Å². The first kappa shape index (κ1) is 15.4. The molecule has 2 rings (SSSR count). The van der Waals surface area contributed by atoms with Crippen LogP contribution in [0.15, 0.2) is 30.3 Å². The first-order chi connectivity index (χ1) is 10.1. The summed E-state index contributed by atoms with van der Waals surface area (Å²) in [5.41, 5.74) is 0.691. The number of hydrogen-bond acceptors (Lipinski definition) is 5. The van der Waals surface area contributed by atoms with E-state index in [4.69, 9.17) is 0 Å². The SMILES string of the molecule is COC(=O)[C@@H]1CS[C@H](CC(=O)Nc2ccccc2)C(=O)N1. The van der Waals surface area contributed by atoms with Gasteiger partial charge < -0.3 is 15.4 Å². The summed E-state index contributed by atoms with van der Waals surface area (Å²) < 4.78 is 4.59. The Labute approximate surface area is 126 Å². The van der Waals surface area contributed by atoms with E-state index in [1.54, 1.807) is 12.1 Å². The summed E-state index contributed by atoms with van der Waals surface area (Å²) >= 11 is 1.29. The average Bonchev–Trinajstić information content (AvgIpc) is 2.49. The van der Waals surface area contributed by atoms with E-state index in [1.807, 2.05) is 18.2 Å². The van der Waals surface area contributed by atoms with Gasteiger partial charge in [-0.3, -0.25) is 9.59 Å². The van der Waals surface area contributed by atoms with E-state index in [2.05, 4.69) is 15.4 Å². The standard InChI is InChI=1S/C14H16N2O4S/c1-20-14(19)10-8-21-11(13(18)16-10)7-12(17)15-9-5-3-2-4-6-9/h2-6,10-11H,7-8H2,1H3,(H,15,17)(H,16,18)/t10-,11+/m0/s1. The lowest BCUT2D eigenvalue weighted by molar-refractivity contribution is -0.144. The van der Waals surface area contributed by atoms with Gasteiger partial charge in [0, 0.05) is 17.9 Å².